The van der Waals surface area contributed by atoms with Crippen LogP contribution in [0.15, 0.2) is 40.2 Å². The van der Waals surface area contributed by atoms with E-state index >= 15 is 0 Å². The molecule has 0 spiro atoms. The molecule has 0 radical (unpaired) electrons. The minimum absolute atomic E-state index is 0.199. The molecule has 2 aromatic heterocycles. The van der Waals surface area contributed by atoms with Crippen molar-refractivity contribution in [1.29, 1.82) is 0 Å². The molecule has 3 aromatic rings. The molecule has 0 saturated heterocycles. The number of nitrogens with two attached hydrogens (primary N) is 1. The largest absolute Gasteiger partial charge is 0.491 e. The lowest BCUT2D eigenvalue weighted by atomic mass is 9.84. The summed E-state index contributed by atoms with van der Waals surface area (Å²) in [6.45, 7) is 0.199. The Labute approximate surface area is 163 Å². The molecule has 0 bridgehead atoms. The lowest BCUT2D eigenvalue weighted by Gasteiger charge is -2.27. The van der Waals surface area contributed by atoms with Crippen molar-refractivity contribution in [2.75, 3.05) is 6.61 Å². The maximum absolute atomic E-state index is 10.4. The van der Waals surface area contributed by atoms with Crippen LogP contribution in [0.4, 0.5) is 0 Å². The summed E-state index contributed by atoms with van der Waals surface area (Å²) < 4.78 is 12.2. The van der Waals surface area contributed by atoms with Gasteiger partial charge in [0.2, 0.25) is 0 Å². The van der Waals surface area contributed by atoms with E-state index in [4.69, 9.17) is 15.0 Å². The van der Waals surface area contributed by atoms with Gasteiger partial charge < -0.3 is 20.1 Å². The molecule has 1 saturated carbocycles. The smallest absolute Gasteiger partial charge is 0.178 e. The highest BCUT2D eigenvalue weighted by molar-refractivity contribution is 7.17. The Bertz CT molecular complexity index is 869. The van der Waals surface area contributed by atoms with Crippen molar-refractivity contribution in [2.24, 2.45) is 11.7 Å². The predicted molar refractivity (Wildman–Crippen MR) is 108 cm³/mol. The highest BCUT2D eigenvalue weighted by Gasteiger charge is 2.22. The average molecular weight is 387 g/mol. The van der Waals surface area contributed by atoms with Gasteiger partial charge in [0, 0.05) is 11.6 Å². The minimum Gasteiger partial charge on any atom is -0.491 e. The van der Waals surface area contributed by atoms with Gasteiger partial charge >= 0.3 is 0 Å². The van der Waals surface area contributed by atoms with Gasteiger partial charge in [0.15, 0.2) is 5.58 Å². The normalized spacial score (nSPS) is 17.9. The summed E-state index contributed by atoms with van der Waals surface area (Å²) in [6.07, 6.45) is 6.59. The Morgan fingerprint density at radius 3 is 2.96 bits per heavy atom. The van der Waals surface area contributed by atoms with E-state index in [9.17, 15) is 5.11 Å². The van der Waals surface area contributed by atoms with Gasteiger partial charge in [-0.1, -0.05) is 49.4 Å². The van der Waals surface area contributed by atoms with E-state index in [1.54, 1.807) is 11.3 Å². The summed E-state index contributed by atoms with van der Waals surface area (Å²) in [5, 5.41) is 16.6. The van der Waals surface area contributed by atoms with Crippen LogP contribution < -0.4 is 10.5 Å². The number of hydrogen-bond acceptors (Lipinski definition) is 6. The molecular weight excluding hydrogens is 360 g/mol. The Kier molecular flexibility index (Phi) is 5.76. The number of fused-ring (bicyclic) bond motifs is 1. The maximum atomic E-state index is 10.4. The van der Waals surface area contributed by atoms with Gasteiger partial charge in [0.25, 0.3) is 0 Å². The molecule has 2 unspecified atom stereocenters. The lowest BCUT2D eigenvalue weighted by molar-refractivity contribution is 0.0747. The number of aliphatic hydroxyl groups is 1. The van der Waals surface area contributed by atoms with Crippen LogP contribution in [-0.2, 0) is 0 Å². The van der Waals surface area contributed by atoms with E-state index in [0.717, 1.165) is 28.0 Å². The van der Waals surface area contributed by atoms with Crippen LogP contribution in [0.5, 0.6) is 5.75 Å². The molecule has 27 heavy (non-hydrogen) atoms. The molecule has 5 nitrogen and oxygen atoms in total. The number of nitrogens with zero attached hydrogens (tertiary/aromatic N) is 1. The number of thiophene rings is 1. The summed E-state index contributed by atoms with van der Waals surface area (Å²) in [5.74, 6) is 1.34. The standard InChI is InChI=1S/C21H26N2O3S/c22-17(11-14-5-2-1-3-6-14)18(24)13-25-16-8-4-7-15(12-16)20-21-19(26-23-20)9-10-27-21/h4,7-10,12,14,17-18,24H,1-3,5-6,11,13,22H2. The van der Waals surface area contributed by atoms with Gasteiger partial charge in [-0.2, -0.15) is 0 Å². The second-order valence-corrected chi connectivity index (χ2v) is 8.37. The molecule has 2 heterocycles. The van der Waals surface area contributed by atoms with Crippen molar-refractivity contribution in [3.63, 3.8) is 0 Å². The topological polar surface area (TPSA) is 81.5 Å². The molecular formula is C21H26N2O3S. The van der Waals surface area contributed by atoms with Gasteiger partial charge in [0.1, 0.15) is 28.9 Å². The Hall–Kier alpha value is -1.89. The summed E-state index contributed by atoms with van der Waals surface area (Å²) in [4.78, 5) is 0. The third kappa shape index (κ3) is 4.34. The number of ether oxygens (including phenoxy) is 1. The van der Waals surface area contributed by atoms with Gasteiger partial charge in [-0.05, 0) is 35.9 Å². The van der Waals surface area contributed by atoms with Gasteiger partial charge in [-0.3, -0.25) is 0 Å². The molecule has 4 rings (SSSR count). The van der Waals surface area contributed by atoms with Crippen molar-refractivity contribution in [2.45, 2.75) is 50.7 Å². The van der Waals surface area contributed by atoms with Crippen LogP contribution >= 0.6 is 11.3 Å². The minimum atomic E-state index is -0.661. The summed E-state index contributed by atoms with van der Waals surface area (Å²) in [6, 6.07) is 9.39. The first-order valence-corrected chi connectivity index (χ1v) is 10.6. The predicted octanol–water partition coefficient (Wildman–Crippen LogP) is 4.59. The lowest BCUT2D eigenvalue weighted by Crippen LogP contribution is -2.40. The van der Waals surface area contributed by atoms with Gasteiger partial charge in [0.05, 0.1) is 0 Å². The first kappa shape index (κ1) is 18.5. The second-order valence-electron chi connectivity index (χ2n) is 7.45. The van der Waals surface area contributed by atoms with E-state index < -0.39 is 6.10 Å². The molecule has 2 atom stereocenters. The Morgan fingerprint density at radius 1 is 1.26 bits per heavy atom. The third-order valence-corrected chi connectivity index (χ3v) is 6.33. The molecule has 0 aliphatic heterocycles. The van der Waals surface area contributed by atoms with Crippen LogP contribution in [-0.4, -0.2) is 29.0 Å². The van der Waals surface area contributed by atoms with Crippen molar-refractivity contribution < 1.29 is 14.4 Å². The van der Waals surface area contributed by atoms with Crippen molar-refractivity contribution in [3.05, 3.63) is 35.7 Å². The highest BCUT2D eigenvalue weighted by atomic mass is 32.1. The summed E-state index contributed by atoms with van der Waals surface area (Å²) >= 11 is 1.61. The summed E-state index contributed by atoms with van der Waals surface area (Å²) in [7, 11) is 0. The van der Waals surface area contributed by atoms with E-state index in [-0.39, 0.29) is 12.6 Å². The van der Waals surface area contributed by atoms with E-state index in [1.165, 1.54) is 32.1 Å². The van der Waals surface area contributed by atoms with Crippen LogP contribution in [0, 0.1) is 5.92 Å². The first-order chi connectivity index (χ1) is 13.2. The fourth-order valence-electron chi connectivity index (χ4n) is 3.87. The van der Waals surface area contributed by atoms with Gasteiger partial charge in [-0.25, -0.2) is 0 Å². The van der Waals surface area contributed by atoms with Crippen LogP contribution in [0.3, 0.4) is 0 Å². The van der Waals surface area contributed by atoms with E-state index in [2.05, 4.69) is 5.16 Å². The van der Waals surface area contributed by atoms with Crippen molar-refractivity contribution in [1.82, 2.24) is 5.16 Å². The molecule has 0 amide bonds. The zero-order chi connectivity index (χ0) is 18.6. The molecule has 1 aliphatic rings. The fourth-order valence-corrected chi connectivity index (χ4v) is 4.68. The number of hydrogen-bond donors (Lipinski definition) is 2. The first-order valence-electron chi connectivity index (χ1n) is 9.70. The van der Waals surface area contributed by atoms with Crippen LogP contribution in [0.25, 0.3) is 21.5 Å². The molecule has 144 valence electrons. The van der Waals surface area contributed by atoms with Crippen LogP contribution in [0.1, 0.15) is 38.5 Å². The number of aromatic nitrogens is 1. The third-order valence-electron chi connectivity index (χ3n) is 5.43. The van der Waals surface area contributed by atoms with E-state index in [1.807, 2.05) is 35.7 Å². The highest BCUT2D eigenvalue weighted by Crippen LogP contribution is 2.33. The number of aliphatic hydroxyl groups excluding tert-OH is 1. The molecule has 1 fully saturated rings. The van der Waals surface area contributed by atoms with Crippen molar-refractivity contribution >= 4 is 21.6 Å². The van der Waals surface area contributed by atoms with Crippen molar-refractivity contribution in [3.8, 4) is 17.0 Å². The molecule has 1 aliphatic carbocycles. The number of benzene rings is 1. The van der Waals surface area contributed by atoms with E-state index in [0.29, 0.717) is 11.7 Å². The number of rotatable bonds is 7. The fraction of sp³-hybridized carbons (Fsp3) is 0.476. The summed E-state index contributed by atoms with van der Waals surface area (Å²) in [5.41, 5.74) is 8.77. The zero-order valence-corrected chi connectivity index (χ0v) is 16.2. The zero-order valence-electron chi connectivity index (χ0n) is 15.3. The van der Waals surface area contributed by atoms with Crippen LogP contribution in [0.2, 0.25) is 0 Å². The monoisotopic (exact) mass is 386 g/mol. The van der Waals surface area contributed by atoms with Gasteiger partial charge in [-0.15, -0.1) is 11.3 Å². The Morgan fingerprint density at radius 2 is 2.11 bits per heavy atom. The Balaban J connectivity index is 1.36. The second kappa shape index (κ2) is 8.42. The maximum Gasteiger partial charge on any atom is 0.178 e. The molecule has 6 heteroatoms. The quantitative estimate of drug-likeness (QED) is 0.620. The molecule has 3 N–H and O–H groups in total. The molecule has 1 aromatic carbocycles. The average Bonchev–Trinajstić information content (AvgIpc) is 3.31. The SMILES string of the molecule is NC(CC1CCCCC1)C(O)COc1cccc(-c2noc3ccsc23)c1.